The summed E-state index contributed by atoms with van der Waals surface area (Å²) >= 11 is 5.92. The first-order chi connectivity index (χ1) is 10.6. The van der Waals surface area contributed by atoms with Crippen molar-refractivity contribution in [1.29, 1.82) is 0 Å². The molecule has 3 rings (SSSR count). The number of rotatable bonds is 4. The van der Waals surface area contributed by atoms with Crippen molar-refractivity contribution in [3.05, 3.63) is 64.4 Å². The average molecular weight is 317 g/mol. The Labute approximate surface area is 132 Å². The van der Waals surface area contributed by atoms with E-state index < -0.39 is 0 Å². The average Bonchev–Trinajstić information content (AvgIpc) is 2.80. The van der Waals surface area contributed by atoms with E-state index in [9.17, 15) is 9.50 Å². The van der Waals surface area contributed by atoms with Crippen LogP contribution in [0.5, 0.6) is 5.88 Å². The SMILES string of the molecule is Oc1[nH]c2cc(Cl)ccc2c1C=NCCc1ccc(F)cc1. The van der Waals surface area contributed by atoms with Gasteiger partial charge in [0.05, 0.1) is 11.1 Å². The molecule has 1 aromatic heterocycles. The van der Waals surface area contributed by atoms with Gasteiger partial charge < -0.3 is 10.1 Å². The molecule has 0 aliphatic carbocycles. The molecule has 0 fully saturated rings. The predicted molar refractivity (Wildman–Crippen MR) is 87.5 cm³/mol. The van der Waals surface area contributed by atoms with Crippen LogP contribution in [-0.4, -0.2) is 22.8 Å². The van der Waals surface area contributed by atoms with Gasteiger partial charge in [-0.2, -0.15) is 0 Å². The van der Waals surface area contributed by atoms with Gasteiger partial charge in [0.2, 0.25) is 0 Å². The van der Waals surface area contributed by atoms with Crippen molar-refractivity contribution in [2.75, 3.05) is 6.54 Å². The number of hydrogen-bond donors (Lipinski definition) is 2. The minimum Gasteiger partial charge on any atom is -0.494 e. The van der Waals surface area contributed by atoms with Gasteiger partial charge in [-0.25, -0.2) is 4.39 Å². The maximum atomic E-state index is 12.8. The first-order valence-corrected chi connectivity index (χ1v) is 7.26. The van der Waals surface area contributed by atoms with Crippen LogP contribution >= 0.6 is 11.6 Å². The summed E-state index contributed by atoms with van der Waals surface area (Å²) in [5.41, 5.74) is 2.43. The van der Waals surface area contributed by atoms with E-state index in [0.29, 0.717) is 23.6 Å². The topological polar surface area (TPSA) is 48.4 Å². The van der Waals surface area contributed by atoms with Gasteiger partial charge in [0.15, 0.2) is 5.88 Å². The fourth-order valence-corrected chi connectivity index (χ4v) is 2.48. The van der Waals surface area contributed by atoms with E-state index in [1.165, 1.54) is 12.1 Å². The summed E-state index contributed by atoms with van der Waals surface area (Å²) in [6.07, 6.45) is 2.36. The lowest BCUT2D eigenvalue weighted by atomic mass is 10.1. The Morgan fingerprint density at radius 1 is 1.18 bits per heavy atom. The van der Waals surface area contributed by atoms with E-state index in [1.54, 1.807) is 30.5 Å². The molecular weight excluding hydrogens is 303 g/mol. The molecule has 0 spiro atoms. The minimum absolute atomic E-state index is 0.0720. The summed E-state index contributed by atoms with van der Waals surface area (Å²) in [6, 6.07) is 11.7. The van der Waals surface area contributed by atoms with Gasteiger partial charge in [-0.1, -0.05) is 29.8 Å². The van der Waals surface area contributed by atoms with E-state index in [0.717, 1.165) is 16.5 Å². The molecule has 0 bridgehead atoms. The molecule has 112 valence electrons. The highest BCUT2D eigenvalue weighted by atomic mass is 35.5. The number of aromatic amines is 1. The summed E-state index contributed by atoms with van der Waals surface area (Å²) < 4.78 is 12.8. The van der Waals surface area contributed by atoms with Crippen LogP contribution < -0.4 is 0 Å². The third kappa shape index (κ3) is 3.12. The molecule has 1 heterocycles. The zero-order chi connectivity index (χ0) is 15.5. The molecule has 22 heavy (non-hydrogen) atoms. The monoisotopic (exact) mass is 316 g/mol. The van der Waals surface area contributed by atoms with Crippen molar-refractivity contribution in [1.82, 2.24) is 4.98 Å². The molecule has 0 radical (unpaired) electrons. The van der Waals surface area contributed by atoms with E-state index in [2.05, 4.69) is 9.98 Å². The Bertz CT molecular complexity index is 825. The molecule has 3 nitrogen and oxygen atoms in total. The number of hydrogen-bond acceptors (Lipinski definition) is 2. The van der Waals surface area contributed by atoms with Crippen LogP contribution in [0, 0.1) is 5.82 Å². The molecule has 0 saturated carbocycles. The molecule has 0 amide bonds. The van der Waals surface area contributed by atoms with Gasteiger partial charge in [-0.15, -0.1) is 0 Å². The van der Waals surface area contributed by atoms with Crippen molar-refractivity contribution < 1.29 is 9.50 Å². The van der Waals surface area contributed by atoms with Crippen molar-refractivity contribution in [2.45, 2.75) is 6.42 Å². The summed E-state index contributed by atoms with van der Waals surface area (Å²) in [5, 5.41) is 11.4. The van der Waals surface area contributed by atoms with Crippen LogP contribution in [0.1, 0.15) is 11.1 Å². The highest BCUT2D eigenvalue weighted by molar-refractivity contribution is 6.31. The normalized spacial score (nSPS) is 11.5. The summed E-state index contributed by atoms with van der Waals surface area (Å²) in [7, 11) is 0. The highest BCUT2D eigenvalue weighted by Gasteiger charge is 2.08. The molecule has 5 heteroatoms. The van der Waals surface area contributed by atoms with E-state index in [4.69, 9.17) is 11.6 Å². The van der Waals surface area contributed by atoms with Crippen molar-refractivity contribution >= 4 is 28.7 Å². The minimum atomic E-state index is -0.241. The Morgan fingerprint density at radius 2 is 1.95 bits per heavy atom. The number of aromatic hydroxyl groups is 1. The summed E-state index contributed by atoms with van der Waals surface area (Å²) in [6.45, 7) is 0.561. The zero-order valence-corrected chi connectivity index (χ0v) is 12.4. The predicted octanol–water partition coefficient (Wildman–Crippen LogP) is 4.33. The Hall–Kier alpha value is -2.33. The second-order valence-electron chi connectivity index (χ2n) is 4.99. The van der Waals surface area contributed by atoms with Gasteiger partial charge >= 0.3 is 0 Å². The third-order valence-corrected chi connectivity index (χ3v) is 3.68. The molecule has 2 aromatic carbocycles. The third-order valence-electron chi connectivity index (χ3n) is 3.44. The Kier molecular flexibility index (Phi) is 4.11. The molecule has 2 N–H and O–H groups in total. The van der Waals surface area contributed by atoms with E-state index >= 15 is 0 Å². The van der Waals surface area contributed by atoms with Gasteiger partial charge in [0.1, 0.15) is 5.82 Å². The van der Waals surface area contributed by atoms with Crippen LogP contribution in [0.25, 0.3) is 10.9 Å². The molecular formula is C17H14ClFN2O. The van der Waals surface area contributed by atoms with E-state index in [1.807, 2.05) is 6.07 Å². The Balaban J connectivity index is 1.72. The maximum absolute atomic E-state index is 12.8. The van der Waals surface area contributed by atoms with Crippen molar-refractivity contribution in [3.63, 3.8) is 0 Å². The number of benzene rings is 2. The number of H-pyrrole nitrogens is 1. The van der Waals surface area contributed by atoms with Gasteiger partial charge in [-0.3, -0.25) is 4.99 Å². The molecule has 0 saturated heterocycles. The molecule has 0 unspecified atom stereocenters. The molecule has 0 aliphatic rings. The fraction of sp³-hybridized carbons (Fsp3) is 0.118. The number of fused-ring (bicyclic) bond motifs is 1. The highest BCUT2D eigenvalue weighted by Crippen LogP contribution is 2.27. The molecule has 3 aromatic rings. The van der Waals surface area contributed by atoms with E-state index in [-0.39, 0.29) is 11.7 Å². The second kappa shape index (κ2) is 6.20. The molecule has 0 aliphatic heterocycles. The first kappa shape index (κ1) is 14.6. The fourth-order valence-electron chi connectivity index (χ4n) is 2.31. The van der Waals surface area contributed by atoms with Crippen LogP contribution in [0.4, 0.5) is 4.39 Å². The number of halogens is 2. The summed E-state index contributed by atoms with van der Waals surface area (Å²) in [4.78, 5) is 7.20. The lowest BCUT2D eigenvalue weighted by molar-refractivity contribution is 0.457. The standard InChI is InChI=1S/C17H14ClFN2O/c18-12-3-6-14-15(17(22)21-16(14)9-12)10-20-8-7-11-1-4-13(19)5-2-11/h1-6,9-10,21-22H,7-8H2. The Morgan fingerprint density at radius 3 is 2.73 bits per heavy atom. The quantitative estimate of drug-likeness (QED) is 0.692. The number of nitrogens with one attached hydrogen (secondary N) is 1. The molecule has 0 atom stereocenters. The van der Waals surface area contributed by atoms with Crippen molar-refractivity contribution in [2.24, 2.45) is 4.99 Å². The van der Waals surface area contributed by atoms with Crippen LogP contribution in [0.15, 0.2) is 47.5 Å². The lowest BCUT2D eigenvalue weighted by Gasteiger charge is -1.98. The van der Waals surface area contributed by atoms with Crippen molar-refractivity contribution in [3.8, 4) is 5.88 Å². The largest absolute Gasteiger partial charge is 0.494 e. The lowest BCUT2D eigenvalue weighted by Crippen LogP contribution is -1.91. The first-order valence-electron chi connectivity index (χ1n) is 6.88. The van der Waals surface area contributed by atoms with Crippen LogP contribution in [-0.2, 0) is 6.42 Å². The van der Waals surface area contributed by atoms with Crippen LogP contribution in [0.2, 0.25) is 5.02 Å². The summed E-state index contributed by atoms with van der Waals surface area (Å²) in [5.74, 6) is -0.169. The van der Waals surface area contributed by atoms with Gasteiger partial charge in [-0.05, 0) is 36.2 Å². The number of nitrogens with zero attached hydrogens (tertiary/aromatic N) is 1. The van der Waals surface area contributed by atoms with Gasteiger partial charge in [0.25, 0.3) is 0 Å². The number of aliphatic imine (C=N–C) groups is 1. The van der Waals surface area contributed by atoms with Crippen LogP contribution in [0.3, 0.4) is 0 Å². The smallest absolute Gasteiger partial charge is 0.198 e. The maximum Gasteiger partial charge on any atom is 0.198 e. The number of aromatic nitrogens is 1. The second-order valence-corrected chi connectivity index (χ2v) is 5.43. The van der Waals surface area contributed by atoms with Gasteiger partial charge in [0, 0.05) is 23.2 Å². The zero-order valence-electron chi connectivity index (χ0n) is 11.7.